The molecule has 5 unspecified atom stereocenters. The highest BCUT2D eigenvalue weighted by Crippen LogP contribution is 2.77. The maximum Gasteiger partial charge on any atom is -0.00154 e. The average Bonchev–Trinajstić information content (AvgIpc) is 2.38. The van der Waals surface area contributed by atoms with Crippen LogP contribution < -0.4 is 5.32 Å². The average molecular weight is 165 g/mol. The molecule has 4 saturated carbocycles. The summed E-state index contributed by atoms with van der Waals surface area (Å²) in [6.45, 7) is 3.76. The zero-order chi connectivity index (χ0) is 8.34. The van der Waals surface area contributed by atoms with Crippen LogP contribution >= 0.6 is 0 Å². The van der Waals surface area contributed by atoms with Gasteiger partial charge < -0.3 is 5.32 Å². The Balaban J connectivity index is 1.85. The van der Waals surface area contributed by atoms with E-state index in [1.807, 2.05) is 0 Å². The van der Waals surface area contributed by atoms with Crippen molar-refractivity contribution < 1.29 is 0 Å². The molecule has 1 N–H and O–H groups in total. The largest absolute Gasteiger partial charge is 0.319 e. The summed E-state index contributed by atoms with van der Waals surface area (Å²) < 4.78 is 0. The van der Waals surface area contributed by atoms with Crippen LogP contribution in [0.5, 0.6) is 0 Å². The molecule has 0 aliphatic heterocycles. The van der Waals surface area contributed by atoms with Crippen LogP contribution in [-0.4, -0.2) is 13.6 Å². The molecule has 1 heteroatoms. The summed E-state index contributed by atoms with van der Waals surface area (Å²) in [6, 6.07) is 0. The van der Waals surface area contributed by atoms with Crippen molar-refractivity contribution in [1.82, 2.24) is 5.32 Å². The van der Waals surface area contributed by atoms with E-state index in [0.29, 0.717) is 0 Å². The molecule has 0 amide bonds. The monoisotopic (exact) mass is 165 g/mol. The van der Waals surface area contributed by atoms with Crippen molar-refractivity contribution in [2.24, 2.45) is 29.1 Å². The Hall–Kier alpha value is -0.0400. The molecule has 0 saturated heterocycles. The van der Waals surface area contributed by atoms with Crippen molar-refractivity contribution >= 4 is 0 Å². The Kier molecular flexibility index (Phi) is 1.27. The van der Waals surface area contributed by atoms with Gasteiger partial charge in [0.1, 0.15) is 0 Å². The molecule has 1 nitrogen and oxygen atoms in total. The van der Waals surface area contributed by atoms with Crippen molar-refractivity contribution in [3.63, 3.8) is 0 Å². The highest BCUT2D eigenvalue weighted by Gasteiger charge is 2.71. The second-order valence-electron chi connectivity index (χ2n) is 5.27. The number of nitrogens with one attached hydrogen (secondary N) is 1. The fourth-order valence-electron chi connectivity index (χ4n) is 4.59. The van der Waals surface area contributed by atoms with Gasteiger partial charge in [-0.05, 0) is 61.9 Å². The van der Waals surface area contributed by atoms with E-state index in [0.717, 1.165) is 29.1 Å². The van der Waals surface area contributed by atoms with Crippen LogP contribution in [0.1, 0.15) is 26.2 Å². The molecule has 4 aliphatic rings. The first-order chi connectivity index (χ1) is 5.79. The third kappa shape index (κ3) is 0.555. The smallest absolute Gasteiger partial charge is 0.00154 e. The van der Waals surface area contributed by atoms with Crippen LogP contribution in [-0.2, 0) is 0 Å². The minimum Gasteiger partial charge on any atom is -0.319 e. The molecule has 0 aromatic heterocycles. The van der Waals surface area contributed by atoms with Crippen LogP contribution in [0.4, 0.5) is 0 Å². The quantitative estimate of drug-likeness (QED) is 0.659. The molecule has 0 aromatic rings. The standard InChI is InChI=1S/C11H19N/c1-7-8-5-11(4-3-9(8)11)10(7)6-12-2/h7-10,12H,3-6H2,1-2H3. The molecule has 0 heterocycles. The van der Waals surface area contributed by atoms with Gasteiger partial charge in [0.15, 0.2) is 0 Å². The van der Waals surface area contributed by atoms with Gasteiger partial charge in [0.25, 0.3) is 0 Å². The molecule has 68 valence electrons. The predicted molar refractivity (Wildman–Crippen MR) is 49.8 cm³/mol. The normalized spacial score (nSPS) is 60.5. The lowest BCUT2D eigenvalue weighted by molar-refractivity contribution is -0.0938. The van der Waals surface area contributed by atoms with Crippen molar-refractivity contribution in [2.75, 3.05) is 13.6 Å². The minimum absolute atomic E-state index is 0.854. The summed E-state index contributed by atoms with van der Waals surface area (Å²) in [4.78, 5) is 0. The van der Waals surface area contributed by atoms with Gasteiger partial charge in [-0.2, -0.15) is 0 Å². The Labute approximate surface area is 74.9 Å². The molecule has 2 bridgehead atoms. The zero-order valence-corrected chi connectivity index (χ0v) is 8.14. The van der Waals surface area contributed by atoms with Gasteiger partial charge in [-0.25, -0.2) is 0 Å². The lowest BCUT2D eigenvalue weighted by atomic mass is 9.46. The van der Waals surface area contributed by atoms with Gasteiger partial charge in [0.2, 0.25) is 0 Å². The van der Waals surface area contributed by atoms with Crippen LogP contribution in [0.15, 0.2) is 0 Å². The Morgan fingerprint density at radius 3 is 2.75 bits per heavy atom. The number of rotatable bonds is 2. The summed E-state index contributed by atoms with van der Waals surface area (Å²) >= 11 is 0. The number of hydrogen-bond acceptors (Lipinski definition) is 1. The molecule has 1 spiro atoms. The fourth-order valence-corrected chi connectivity index (χ4v) is 4.59. The predicted octanol–water partition coefficient (Wildman–Crippen LogP) is 1.89. The van der Waals surface area contributed by atoms with Gasteiger partial charge in [-0.15, -0.1) is 0 Å². The minimum atomic E-state index is 0.854. The molecule has 4 fully saturated rings. The van der Waals surface area contributed by atoms with Crippen molar-refractivity contribution in [2.45, 2.75) is 26.2 Å². The Morgan fingerprint density at radius 2 is 2.33 bits per heavy atom. The Morgan fingerprint density at radius 1 is 1.50 bits per heavy atom. The second kappa shape index (κ2) is 2.06. The molecule has 0 radical (unpaired) electrons. The third-order valence-electron chi connectivity index (χ3n) is 5.26. The first-order valence-corrected chi connectivity index (χ1v) is 5.44. The molecule has 4 rings (SSSR count). The summed E-state index contributed by atoms with van der Waals surface area (Å²) in [5, 5.41) is 3.38. The van der Waals surface area contributed by atoms with E-state index in [4.69, 9.17) is 0 Å². The van der Waals surface area contributed by atoms with Gasteiger partial charge in [-0.1, -0.05) is 6.92 Å². The first kappa shape index (κ1) is 7.37. The van der Waals surface area contributed by atoms with Gasteiger partial charge in [-0.3, -0.25) is 0 Å². The topological polar surface area (TPSA) is 12.0 Å². The molecule has 12 heavy (non-hydrogen) atoms. The molecule has 4 aliphatic carbocycles. The Bertz CT molecular complexity index is 213. The maximum absolute atomic E-state index is 3.38. The second-order valence-corrected chi connectivity index (χ2v) is 5.27. The SMILES string of the molecule is CNCC1C(C)C2CC13CCC23. The van der Waals surface area contributed by atoms with E-state index in [2.05, 4.69) is 19.3 Å². The van der Waals surface area contributed by atoms with Crippen LogP contribution in [0.3, 0.4) is 0 Å². The lowest BCUT2D eigenvalue weighted by Gasteiger charge is -2.59. The summed E-state index contributed by atoms with van der Waals surface area (Å²) in [7, 11) is 2.10. The van der Waals surface area contributed by atoms with Crippen molar-refractivity contribution in [1.29, 1.82) is 0 Å². The lowest BCUT2D eigenvalue weighted by Crippen LogP contribution is -2.52. The van der Waals surface area contributed by atoms with E-state index in [-0.39, 0.29) is 0 Å². The summed E-state index contributed by atoms with van der Waals surface area (Å²) in [6.07, 6.45) is 4.67. The highest BCUT2D eigenvalue weighted by molar-refractivity contribution is 5.20. The van der Waals surface area contributed by atoms with Crippen LogP contribution in [0, 0.1) is 29.1 Å². The van der Waals surface area contributed by atoms with Crippen LogP contribution in [0.25, 0.3) is 0 Å². The van der Waals surface area contributed by atoms with Gasteiger partial charge in [0, 0.05) is 0 Å². The van der Waals surface area contributed by atoms with Gasteiger partial charge >= 0.3 is 0 Å². The summed E-state index contributed by atoms with van der Waals surface area (Å²) in [5.74, 6) is 4.32. The van der Waals surface area contributed by atoms with E-state index in [1.165, 1.54) is 6.54 Å². The molecular weight excluding hydrogens is 146 g/mol. The van der Waals surface area contributed by atoms with E-state index in [1.54, 1.807) is 19.3 Å². The van der Waals surface area contributed by atoms with E-state index in [9.17, 15) is 0 Å². The molecule has 0 aromatic carbocycles. The highest BCUT2D eigenvalue weighted by atomic mass is 14.9. The summed E-state index contributed by atoms with van der Waals surface area (Å²) in [5.41, 5.74) is 0.854. The van der Waals surface area contributed by atoms with Gasteiger partial charge in [0.05, 0.1) is 0 Å². The molecule has 5 atom stereocenters. The maximum atomic E-state index is 3.38. The van der Waals surface area contributed by atoms with Crippen molar-refractivity contribution in [3.05, 3.63) is 0 Å². The zero-order valence-electron chi connectivity index (χ0n) is 8.14. The number of hydrogen-bond donors (Lipinski definition) is 1. The van der Waals surface area contributed by atoms with E-state index < -0.39 is 0 Å². The first-order valence-electron chi connectivity index (χ1n) is 5.44. The fraction of sp³-hybridized carbons (Fsp3) is 1.00. The molecular formula is C11H19N. The van der Waals surface area contributed by atoms with Crippen LogP contribution in [0.2, 0.25) is 0 Å². The number of fused-ring (bicyclic) bond motifs is 1. The van der Waals surface area contributed by atoms with E-state index >= 15 is 0 Å². The van der Waals surface area contributed by atoms with Crippen molar-refractivity contribution in [3.8, 4) is 0 Å². The third-order valence-corrected chi connectivity index (χ3v) is 5.26.